The molecule has 1 aliphatic heterocycles. The van der Waals surface area contributed by atoms with Crippen LogP contribution in [0.5, 0.6) is 11.8 Å². The average Bonchev–Trinajstić information content (AvgIpc) is 2.87. The van der Waals surface area contributed by atoms with Crippen LogP contribution in [0.25, 0.3) is 0 Å². The third-order valence-electron chi connectivity index (χ3n) is 5.11. The predicted octanol–water partition coefficient (Wildman–Crippen LogP) is -2.34. The van der Waals surface area contributed by atoms with Gasteiger partial charge in [-0.15, -0.1) is 0 Å². The molecule has 0 bridgehead atoms. The molecule has 17 nitrogen and oxygen atoms in total. The minimum Gasteiger partial charge on any atom is -0.467 e. The Morgan fingerprint density at radius 1 is 1.08 bits per heavy atom. The Bertz CT molecular complexity index is 1290. The Morgan fingerprint density at radius 2 is 1.79 bits per heavy atom. The van der Waals surface area contributed by atoms with Crippen molar-refractivity contribution in [3.05, 3.63) is 29.6 Å². The topological polar surface area (TPSA) is 249 Å². The van der Waals surface area contributed by atoms with Crippen molar-refractivity contribution in [3.63, 3.8) is 0 Å². The first kappa shape index (κ1) is 28.9. The van der Waals surface area contributed by atoms with E-state index in [0.717, 1.165) is 25.3 Å². The number of aliphatic hydroxyl groups excluding tert-OH is 4. The van der Waals surface area contributed by atoms with Crippen LogP contribution in [0.1, 0.15) is 16.2 Å². The molecule has 1 aromatic carbocycles. The van der Waals surface area contributed by atoms with Crippen LogP contribution in [0.3, 0.4) is 0 Å². The number of aliphatic hydroxyl groups is 4. The lowest BCUT2D eigenvalue weighted by Crippen LogP contribution is -2.60. The summed E-state index contributed by atoms with van der Waals surface area (Å²) in [5, 5.41) is 41.5. The number of carbonyl (C=O) groups is 2. The number of esters is 1. The number of ether oxygens (including phenoxy) is 4. The number of aromatic nitrogens is 3. The summed E-state index contributed by atoms with van der Waals surface area (Å²) in [5.74, 6) is -1.51. The molecule has 0 saturated carbocycles. The first-order chi connectivity index (χ1) is 17.9. The maximum atomic E-state index is 13.1. The van der Waals surface area contributed by atoms with E-state index in [0.29, 0.717) is 0 Å². The highest BCUT2D eigenvalue weighted by atomic mass is 32.2. The van der Waals surface area contributed by atoms with E-state index in [1.165, 1.54) is 14.0 Å². The third kappa shape index (κ3) is 6.41. The van der Waals surface area contributed by atoms with Crippen molar-refractivity contribution in [1.82, 2.24) is 19.7 Å². The lowest BCUT2D eigenvalue weighted by Gasteiger charge is -2.39. The van der Waals surface area contributed by atoms with Crippen molar-refractivity contribution < 1.29 is 57.4 Å². The average molecular weight is 560 g/mol. The standard InChI is InChI=1S/C20H25N5O12S/c1-8-21-18(24-20(22-8)35-3)23-19(31)25-38(32,33)12-6-9(4-5-10(12)16(30)34-2)36-17-15(29)14(28)13(27)11(7-26)37-17/h4-6,11,13-15,17,26-29H,7H2,1-3H3,(H2,21,22,23,24,25,31). The largest absolute Gasteiger partial charge is 0.467 e. The van der Waals surface area contributed by atoms with Gasteiger partial charge in [-0.2, -0.15) is 15.0 Å². The van der Waals surface area contributed by atoms with Crippen molar-refractivity contribution in [2.24, 2.45) is 0 Å². The normalized spacial score (nSPS) is 23.3. The van der Waals surface area contributed by atoms with E-state index in [1.54, 1.807) is 4.72 Å². The van der Waals surface area contributed by atoms with E-state index < -0.39 is 69.8 Å². The molecule has 0 spiro atoms. The van der Waals surface area contributed by atoms with Crippen LogP contribution >= 0.6 is 0 Å². The van der Waals surface area contributed by atoms with Crippen LogP contribution in [-0.4, -0.2) is 107 Å². The van der Waals surface area contributed by atoms with Gasteiger partial charge < -0.3 is 39.4 Å². The van der Waals surface area contributed by atoms with Gasteiger partial charge in [-0.3, -0.25) is 5.32 Å². The zero-order valence-electron chi connectivity index (χ0n) is 20.1. The highest BCUT2D eigenvalue weighted by molar-refractivity contribution is 7.90. The quantitative estimate of drug-likeness (QED) is 0.185. The smallest absolute Gasteiger partial charge is 0.339 e. The number of hydrogen-bond donors (Lipinski definition) is 6. The molecular weight excluding hydrogens is 534 g/mol. The molecule has 5 unspecified atom stereocenters. The van der Waals surface area contributed by atoms with Gasteiger partial charge in [0.15, 0.2) is 0 Å². The Morgan fingerprint density at radius 3 is 2.42 bits per heavy atom. The molecule has 6 N–H and O–H groups in total. The van der Waals surface area contributed by atoms with E-state index in [4.69, 9.17) is 14.2 Å². The molecule has 0 aliphatic carbocycles. The van der Waals surface area contributed by atoms with E-state index in [2.05, 4.69) is 25.0 Å². The van der Waals surface area contributed by atoms with Gasteiger partial charge in [-0.25, -0.2) is 22.7 Å². The molecule has 38 heavy (non-hydrogen) atoms. The monoisotopic (exact) mass is 559 g/mol. The second kappa shape index (κ2) is 11.8. The lowest BCUT2D eigenvalue weighted by atomic mass is 9.99. The number of urea groups is 1. The van der Waals surface area contributed by atoms with E-state index in [9.17, 15) is 38.4 Å². The molecule has 1 saturated heterocycles. The summed E-state index contributed by atoms with van der Waals surface area (Å²) >= 11 is 0. The second-order valence-corrected chi connectivity index (χ2v) is 9.37. The fraction of sp³-hybridized carbons (Fsp3) is 0.450. The van der Waals surface area contributed by atoms with Crippen LogP contribution in [0, 0.1) is 6.92 Å². The molecule has 2 amide bonds. The summed E-state index contributed by atoms with van der Waals surface area (Å²) in [4.78, 5) is 35.3. The number of hydrogen-bond acceptors (Lipinski definition) is 15. The van der Waals surface area contributed by atoms with Crippen LogP contribution in [-0.2, 0) is 19.5 Å². The van der Waals surface area contributed by atoms with Crippen molar-refractivity contribution in [2.45, 2.75) is 42.5 Å². The highest BCUT2D eigenvalue weighted by Gasteiger charge is 2.44. The fourth-order valence-electron chi connectivity index (χ4n) is 3.28. The minimum atomic E-state index is -4.78. The number of amides is 2. The van der Waals surface area contributed by atoms with Crippen LogP contribution in [0.2, 0.25) is 0 Å². The van der Waals surface area contributed by atoms with Gasteiger partial charge in [0.05, 0.1) is 26.4 Å². The Balaban J connectivity index is 1.88. The first-order valence-electron chi connectivity index (χ1n) is 10.7. The van der Waals surface area contributed by atoms with E-state index in [1.807, 2.05) is 0 Å². The molecule has 1 fully saturated rings. The summed E-state index contributed by atoms with van der Waals surface area (Å²) in [6.07, 6.45) is -8.14. The molecule has 2 aromatic rings. The maximum Gasteiger partial charge on any atom is 0.339 e. The highest BCUT2D eigenvalue weighted by Crippen LogP contribution is 2.28. The first-order valence-corrected chi connectivity index (χ1v) is 12.2. The summed E-state index contributed by atoms with van der Waals surface area (Å²) in [7, 11) is -2.50. The Labute approximate surface area is 215 Å². The van der Waals surface area contributed by atoms with Gasteiger partial charge >= 0.3 is 18.0 Å². The van der Waals surface area contributed by atoms with Crippen LogP contribution in [0.15, 0.2) is 23.1 Å². The molecule has 1 aromatic heterocycles. The zero-order chi connectivity index (χ0) is 28.2. The summed E-state index contributed by atoms with van der Waals surface area (Å²) in [6, 6.07) is 1.54. The van der Waals surface area contributed by atoms with Crippen LogP contribution < -0.4 is 19.5 Å². The minimum absolute atomic E-state index is 0.137. The number of rotatable bonds is 8. The van der Waals surface area contributed by atoms with Crippen molar-refractivity contribution in [2.75, 3.05) is 26.1 Å². The second-order valence-electron chi connectivity index (χ2n) is 7.72. The lowest BCUT2D eigenvalue weighted by molar-refractivity contribution is -0.277. The third-order valence-corrected chi connectivity index (χ3v) is 6.48. The Hall–Kier alpha value is -3.68. The SMILES string of the molecule is COC(=O)c1ccc(OC2OC(CO)C(O)C(O)C2O)cc1S(=O)(=O)NC(=O)Nc1nc(C)nc(OC)n1. The van der Waals surface area contributed by atoms with Crippen molar-refractivity contribution >= 4 is 28.0 Å². The molecule has 1 aliphatic rings. The maximum absolute atomic E-state index is 13.1. The van der Waals surface area contributed by atoms with Crippen molar-refractivity contribution in [3.8, 4) is 11.8 Å². The zero-order valence-corrected chi connectivity index (χ0v) is 20.9. The molecule has 2 heterocycles. The number of sulfonamides is 1. The van der Waals surface area contributed by atoms with E-state index >= 15 is 0 Å². The molecule has 208 valence electrons. The van der Waals surface area contributed by atoms with Crippen LogP contribution in [0.4, 0.5) is 10.7 Å². The van der Waals surface area contributed by atoms with Gasteiger partial charge in [-0.05, 0) is 19.1 Å². The number of methoxy groups -OCH3 is 2. The van der Waals surface area contributed by atoms with E-state index in [-0.39, 0.29) is 23.5 Å². The number of anilines is 1. The van der Waals surface area contributed by atoms with Gasteiger partial charge in [-0.1, -0.05) is 0 Å². The molecule has 18 heteroatoms. The van der Waals surface area contributed by atoms with Gasteiger partial charge in [0.2, 0.25) is 12.2 Å². The number of benzene rings is 1. The molecular formula is C20H25N5O12S. The summed E-state index contributed by atoms with van der Waals surface area (Å²) in [5.41, 5.74) is -0.480. The number of aryl methyl sites for hydroxylation is 1. The molecule has 3 rings (SSSR count). The molecule has 0 radical (unpaired) electrons. The number of nitrogens with one attached hydrogen (secondary N) is 2. The number of nitrogens with zero attached hydrogens (tertiary/aromatic N) is 3. The van der Waals surface area contributed by atoms with Gasteiger partial charge in [0, 0.05) is 6.07 Å². The molecule has 5 atom stereocenters. The predicted molar refractivity (Wildman–Crippen MR) is 123 cm³/mol. The summed E-state index contributed by atoms with van der Waals surface area (Å²) in [6.45, 7) is 0.755. The van der Waals surface area contributed by atoms with Gasteiger partial charge in [0.1, 0.15) is 40.9 Å². The van der Waals surface area contributed by atoms with Crippen molar-refractivity contribution in [1.29, 1.82) is 0 Å². The summed E-state index contributed by atoms with van der Waals surface area (Å²) < 4.78 is 48.0. The Kier molecular flexibility index (Phi) is 8.97. The number of carbonyl (C=O) groups excluding carboxylic acids is 2. The van der Waals surface area contributed by atoms with Gasteiger partial charge in [0.25, 0.3) is 10.0 Å². The fourth-order valence-corrected chi connectivity index (χ4v) is 4.40.